The van der Waals surface area contributed by atoms with Gasteiger partial charge in [0.2, 0.25) is 5.88 Å². The second-order valence-corrected chi connectivity index (χ2v) is 11.3. The van der Waals surface area contributed by atoms with E-state index in [2.05, 4.69) is 25.2 Å². The molecule has 0 radical (unpaired) electrons. The van der Waals surface area contributed by atoms with E-state index < -0.39 is 23.4 Å². The Morgan fingerprint density at radius 2 is 2.02 bits per heavy atom. The van der Waals surface area contributed by atoms with Crippen LogP contribution in [0.5, 0.6) is 5.88 Å². The predicted octanol–water partition coefficient (Wildman–Crippen LogP) is 4.16. The molecule has 4 aromatic heterocycles. The average molecular weight is 574 g/mol. The van der Waals surface area contributed by atoms with Crippen molar-refractivity contribution in [1.82, 2.24) is 24.3 Å². The molecular weight excluding hydrogens is 545 g/mol. The second kappa shape index (κ2) is 9.65. The van der Waals surface area contributed by atoms with E-state index in [1.54, 1.807) is 37.6 Å². The SMILES string of the molecule is CC(C)(C)OC(=O)N1Cc2c(-c3cnc4cc(F)ccn34)ncc(Nc3ccc4c(n3)OC[C@@H]3COCCN43)c2C1=O. The van der Waals surface area contributed by atoms with Crippen molar-refractivity contribution in [3.05, 3.63) is 59.8 Å². The standard InChI is InChI=1S/C29H28FN7O5/c1-29(2,3)42-28(39)37-13-18-24(27(37)38)19(11-32-25(18)21-12-31-23-10-16(30)6-7-36(21)23)33-22-5-4-20-26(34-22)41-15-17-14-40-9-8-35(17)20/h4-7,10-12,17H,8-9,13-15H2,1-3H3,(H,33,34)/t17-/m0/s1. The molecule has 0 unspecified atom stereocenters. The van der Waals surface area contributed by atoms with Crippen LogP contribution in [0, 0.1) is 5.82 Å². The fraction of sp³-hybridized carbons (Fsp3) is 0.345. The summed E-state index contributed by atoms with van der Waals surface area (Å²) in [7, 11) is 0. The molecule has 1 atom stereocenters. The van der Waals surface area contributed by atoms with Crippen LogP contribution in [0.3, 0.4) is 0 Å². The molecule has 42 heavy (non-hydrogen) atoms. The Labute approximate surface area is 240 Å². The highest BCUT2D eigenvalue weighted by Crippen LogP contribution is 2.39. The summed E-state index contributed by atoms with van der Waals surface area (Å²) in [4.78, 5) is 43.8. The summed E-state index contributed by atoms with van der Waals surface area (Å²) in [6, 6.07) is 6.50. The number of pyridine rings is 3. The van der Waals surface area contributed by atoms with E-state index in [1.807, 2.05) is 12.1 Å². The van der Waals surface area contributed by atoms with E-state index in [0.717, 1.165) is 17.1 Å². The molecule has 3 aliphatic rings. The number of nitrogens with zero attached hydrogens (tertiary/aromatic N) is 6. The van der Waals surface area contributed by atoms with Gasteiger partial charge in [0.15, 0.2) is 0 Å². The van der Waals surface area contributed by atoms with Crippen LogP contribution < -0.4 is 15.0 Å². The van der Waals surface area contributed by atoms with Crippen molar-refractivity contribution in [3.63, 3.8) is 0 Å². The molecule has 0 aromatic carbocycles. The summed E-state index contributed by atoms with van der Waals surface area (Å²) in [5.41, 5.74) is 2.60. The number of hydrogen-bond acceptors (Lipinski definition) is 10. The van der Waals surface area contributed by atoms with Crippen LogP contribution in [0.1, 0.15) is 36.7 Å². The maximum Gasteiger partial charge on any atom is 0.417 e. The number of imide groups is 1. The van der Waals surface area contributed by atoms with Gasteiger partial charge in [-0.15, -0.1) is 0 Å². The summed E-state index contributed by atoms with van der Waals surface area (Å²) < 4.78 is 32.6. The second-order valence-electron chi connectivity index (χ2n) is 11.3. The third-order valence-electron chi connectivity index (χ3n) is 7.34. The van der Waals surface area contributed by atoms with Gasteiger partial charge in [-0.25, -0.2) is 19.1 Å². The first-order valence-electron chi connectivity index (χ1n) is 13.6. The van der Waals surface area contributed by atoms with Gasteiger partial charge in [0.25, 0.3) is 5.91 Å². The molecule has 0 saturated carbocycles. The summed E-state index contributed by atoms with van der Waals surface area (Å²) in [5, 5.41) is 3.21. The van der Waals surface area contributed by atoms with Gasteiger partial charge >= 0.3 is 6.09 Å². The van der Waals surface area contributed by atoms with Crippen LogP contribution in [-0.4, -0.2) is 74.3 Å². The smallest absolute Gasteiger partial charge is 0.417 e. The molecule has 1 fully saturated rings. The van der Waals surface area contributed by atoms with Crippen LogP contribution in [0.25, 0.3) is 17.0 Å². The molecule has 12 nitrogen and oxygen atoms in total. The fourth-order valence-electron chi connectivity index (χ4n) is 5.48. The first-order valence-corrected chi connectivity index (χ1v) is 13.6. The number of fused-ring (bicyclic) bond motifs is 5. The van der Waals surface area contributed by atoms with Crippen LogP contribution in [0.15, 0.2) is 42.9 Å². The first-order chi connectivity index (χ1) is 20.2. The number of aromatic nitrogens is 4. The van der Waals surface area contributed by atoms with Gasteiger partial charge in [0, 0.05) is 24.4 Å². The molecule has 7 rings (SSSR count). The number of imidazole rings is 1. The van der Waals surface area contributed by atoms with Gasteiger partial charge in [0.1, 0.15) is 35.2 Å². The van der Waals surface area contributed by atoms with Crippen LogP contribution in [0.4, 0.5) is 26.4 Å². The lowest BCUT2D eigenvalue weighted by atomic mass is 10.1. The average Bonchev–Trinajstić information content (AvgIpc) is 3.53. The van der Waals surface area contributed by atoms with Crippen molar-refractivity contribution in [3.8, 4) is 17.3 Å². The Hall–Kier alpha value is -4.78. The summed E-state index contributed by atoms with van der Waals surface area (Å²) in [6.07, 6.45) is 3.87. The number of anilines is 3. The third kappa shape index (κ3) is 4.45. The van der Waals surface area contributed by atoms with Gasteiger partial charge < -0.3 is 24.4 Å². The Bertz CT molecular complexity index is 1750. The summed E-state index contributed by atoms with van der Waals surface area (Å²) >= 11 is 0. The van der Waals surface area contributed by atoms with Gasteiger partial charge in [-0.3, -0.25) is 14.2 Å². The molecule has 7 heterocycles. The van der Waals surface area contributed by atoms with Crippen molar-refractivity contribution >= 4 is 34.8 Å². The van der Waals surface area contributed by atoms with Gasteiger partial charge in [0.05, 0.1) is 60.8 Å². The number of rotatable bonds is 3. The molecule has 2 amide bonds. The zero-order valence-corrected chi connectivity index (χ0v) is 23.3. The van der Waals surface area contributed by atoms with Gasteiger partial charge in [-0.1, -0.05) is 0 Å². The first kappa shape index (κ1) is 26.1. The number of carbonyl (C=O) groups excluding carboxylic acids is 2. The lowest BCUT2D eigenvalue weighted by Gasteiger charge is -2.40. The molecule has 0 spiro atoms. The third-order valence-corrected chi connectivity index (χ3v) is 7.34. The van der Waals surface area contributed by atoms with E-state index in [1.165, 1.54) is 18.3 Å². The van der Waals surface area contributed by atoms with Crippen molar-refractivity contribution in [2.75, 3.05) is 36.6 Å². The van der Waals surface area contributed by atoms with E-state index in [0.29, 0.717) is 59.8 Å². The minimum atomic E-state index is -0.799. The van der Waals surface area contributed by atoms with E-state index in [-0.39, 0.29) is 18.2 Å². The maximum atomic E-state index is 13.8. The van der Waals surface area contributed by atoms with E-state index >= 15 is 0 Å². The summed E-state index contributed by atoms with van der Waals surface area (Å²) in [6.45, 7) is 7.59. The number of amides is 2. The van der Waals surface area contributed by atoms with Crippen LogP contribution in [-0.2, 0) is 16.0 Å². The van der Waals surface area contributed by atoms with Crippen LogP contribution in [0.2, 0.25) is 0 Å². The lowest BCUT2D eigenvalue weighted by Crippen LogP contribution is -2.51. The number of halogens is 1. The zero-order valence-electron chi connectivity index (χ0n) is 23.3. The molecule has 1 saturated heterocycles. The Balaban J connectivity index is 1.28. The molecule has 4 aromatic rings. The molecule has 13 heteroatoms. The fourth-order valence-corrected chi connectivity index (χ4v) is 5.48. The molecule has 1 N–H and O–H groups in total. The molecule has 3 aliphatic heterocycles. The number of morpholine rings is 1. The number of nitrogens with one attached hydrogen (secondary N) is 1. The highest BCUT2D eigenvalue weighted by atomic mass is 19.1. The highest BCUT2D eigenvalue weighted by Gasteiger charge is 2.40. The van der Waals surface area contributed by atoms with Gasteiger partial charge in [-0.2, -0.15) is 4.98 Å². The van der Waals surface area contributed by atoms with Crippen molar-refractivity contribution in [2.45, 2.75) is 39.0 Å². The minimum Gasteiger partial charge on any atom is -0.474 e. The number of hydrogen-bond donors (Lipinski definition) is 1. The Morgan fingerprint density at radius 3 is 2.86 bits per heavy atom. The lowest BCUT2D eigenvalue weighted by molar-refractivity contribution is 0.0248. The minimum absolute atomic E-state index is 0.0610. The quantitative estimate of drug-likeness (QED) is 0.382. The van der Waals surface area contributed by atoms with Crippen LogP contribution >= 0.6 is 0 Å². The highest BCUT2D eigenvalue weighted by molar-refractivity contribution is 6.11. The number of carbonyl (C=O) groups is 2. The predicted molar refractivity (Wildman–Crippen MR) is 149 cm³/mol. The topological polar surface area (TPSA) is 123 Å². The molecule has 0 bridgehead atoms. The normalized spacial score (nSPS) is 17.9. The Morgan fingerprint density at radius 1 is 1.17 bits per heavy atom. The van der Waals surface area contributed by atoms with E-state index in [4.69, 9.17) is 14.2 Å². The van der Waals surface area contributed by atoms with Crippen molar-refractivity contribution in [2.24, 2.45) is 0 Å². The van der Waals surface area contributed by atoms with Gasteiger partial charge in [-0.05, 0) is 39.0 Å². The molecule has 216 valence electrons. The Kier molecular flexibility index (Phi) is 6.01. The van der Waals surface area contributed by atoms with Crippen molar-refractivity contribution < 1.29 is 28.2 Å². The molecular formula is C29H28FN7O5. The largest absolute Gasteiger partial charge is 0.474 e. The van der Waals surface area contributed by atoms with Crippen molar-refractivity contribution in [1.29, 1.82) is 0 Å². The van der Waals surface area contributed by atoms with E-state index in [9.17, 15) is 14.0 Å². The molecule has 0 aliphatic carbocycles. The number of ether oxygens (including phenoxy) is 3. The zero-order chi connectivity index (χ0) is 29.2. The maximum absolute atomic E-state index is 13.8. The monoisotopic (exact) mass is 573 g/mol. The summed E-state index contributed by atoms with van der Waals surface area (Å²) in [5.74, 6) is -0.0185.